The van der Waals surface area contributed by atoms with Crippen LogP contribution < -0.4 is 4.74 Å². The average Bonchev–Trinajstić information content (AvgIpc) is 2.38. The number of hydrogen-bond acceptors (Lipinski definition) is 2. The molecule has 2 nitrogen and oxygen atoms in total. The van der Waals surface area contributed by atoms with Crippen molar-refractivity contribution in [3.8, 4) is 16.9 Å². The highest BCUT2D eigenvalue weighted by molar-refractivity contribution is 5.71. The van der Waals surface area contributed by atoms with E-state index in [1.54, 1.807) is 6.07 Å². The van der Waals surface area contributed by atoms with E-state index >= 15 is 0 Å². The molecule has 0 unspecified atom stereocenters. The number of alkyl halides is 3. The molecule has 0 saturated carbocycles. The fraction of sp³-hybridized carbons (Fsp3) is 0.143. The van der Waals surface area contributed by atoms with Crippen molar-refractivity contribution >= 4 is 0 Å². The van der Waals surface area contributed by atoms with E-state index in [9.17, 15) is 17.6 Å². The predicted molar refractivity (Wildman–Crippen MR) is 64.4 cm³/mol. The summed E-state index contributed by atoms with van der Waals surface area (Å²) in [5.74, 6) is -0.999. The number of aliphatic hydroxyl groups is 1. The van der Waals surface area contributed by atoms with E-state index < -0.39 is 18.8 Å². The first-order valence-corrected chi connectivity index (χ1v) is 5.65. The Morgan fingerprint density at radius 3 is 2.40 bits per heavy atom. The summed E-state index contributed by atoms with van der Waals surface area (Å²) >= 11 is 0. The molecular formula is C14H10F4O2. The smallest absolute Gasteiger partial charge is 0.405 e. The number of para-hydroxylation sites is 1. The number of benzene rings is 2. The molecule has 0 aromatic heterocycles. The Hall–Kier alpha value is -2.08. The van der Waals surface area contributed by atoms with Crippen LogP contribution in [-0.4, -0.2) is 11.5 Å². The van der Waals surface area contributed by atoms with E-state index in [1.165, 1.54) is 30.3 Å². The standard InChI is InChI=1S/C14H10F4O2/c15-12-6-5-9(7-10(12)8-19)11-3-1-2-4-13(11)20-14(16,17)18/h1-7,19H,8H2. The summed E-state index contributed by atoms with van der Waals surface area (Å²) in [5.41, 5.74) is 0.499. The van der Waals surface area contributed by atoms with Crippen LogP contribution in [-0.2, 0) is 6.61 Å². The van der Waals surface area contributed by atoms with Gasteiger partial charge in [-0.2, -0.15) is 0 Å². The van der Waals surface area contributed by atoms with Gasteiger partial charge in [-0.1, -0.05) is 24.3 Å². The lowest BCUT2D eigenvalue weighted by Gasteiger charge is -2.13. The first kappa shape index (κ1) is 14.3. The van der Waals surface area contributed by atoms with Crippen molar-refractivity contribution in [1.82, 2.24) is 0 Å². The minimum atomic E-state index is -4.81. The molecule has 106 valence electrons. The van der Waals surface area contributed by atoms with Crippen LogP contribution in [0, 0.1) is 5.82 Å². The van der Waals surface area contributed by atoms with Gasteiger partial charge < -0.3 is 9.84 Å². The molecule has 0 aliphatic heterocycles. The molecule has 0 atom stereocenters. The van der Waals surface area contributed by atoms with Gasteiger partial charge in [-0.05, 0) is 23.8 Å². The lowest BCUT2D eigenvalue weighted by atomic mass is 10.0. The maximum atomic E-state index is 13.3. The number of halogens is 4. The van der Waals surface area contributed by atoms with Crippen molar-refractivity contribution in [3.63, 3.8) is 0 Å². The molecule has 0 amide bonds. The number of aliphatic hydroxyl groups excluding tert-OH is 1. The van der Waals surface area contributed by atoms with Gasteiger partial charge in [0.15, 0.2) is 0 Å². The van der Waals surface area contributed by atoms with Crippen molar-refractivity contribution in [1.29, 1.82) is 0 Å². The van der Waals surface area contributed by atoms with Crippen molar-refractivity contribution in [2.45, 2.75) is 13.0 Å². The van der Waals surface area contributed by atoms with Gasteiger partial charge in [0.2, 0.25) is 0 Å². The first-order valence-electron chi connectivity index (χ1n) is 5.65. The van der Waals surface area contributed by atoms with Crippen molar-refractivity contribution in [2.75, 3.05) is 0 Å². The topological polar surface area (TPSA) is 29.5 Å². The average molecular weight is 286 g/mol. The largest absolute Gasteiger partial charge is 0.573 e. The molecule has 20 heavy (non-hydrogen) atoms. The van der Waals surface area contributed by atoms with E-state index in [2.05, 4.69) is 4.74 Å². The summed E-state index contributed by atoms with van der Waals surface area (Å²) in [5, 5.41) is 8.99. The number of hydrogen-bond donors (Lipinski definition) is 1. The molecule has 2 rings (SSSR count). The zero-order valence-corrected chi connectivity index (χ0v) is 10.1. The highest BCUT2D eigenvalue weighted by Gasteiger charge is 2.32. The second-order valence-electron chi connectivity index (χ2n) is 4.01. The number of rotatable bonds is 3. The molecule has 0 aliphatic carbocycles. The molecule has 0 heterocycles. The molecule has 0 saturated heterocycles. The van der Waals surface area contributed by atoms with Crippen LogP contribution in [0.4, 0.5) is 17.6 Å². The maximum absolute atomic E-state index is 13.3. The van der Waals surface area contributed by atoms with Crippen molar-refractivity contribution in [3.05, 3.63) is 53.8 Å². The van der Waals surface area contributed by atoms with Gasteiger partial charge >= 0.3 is 6.36 Å². The van der Waals surface area contributed by atoms with E-state index in [1.807, 2.05) is 0 Å². The second-order valence-corrected chi connectivity index (χ2v) is 4.01. The van der Waals surface area contributed by atoms with Gasteiger partial charge in [-0.15, -0.1) is 13.2 Å². The van der Waals surface area contributed by atoms with Crippen LogP contribution >= 0.6 is 0 Å². The molecular weight excluding hydrogens is 276 g/mol. The predicted octanol–water partition coefficient (Wildman–Crippen LogP) is 3.88. The molecule has 1 N–H and O–H groups in total. The van der Waals surface area contributed by atoms with Gasteiger partial charge in [0.25, 0.3) is 0 Å². The van der Waals surface area contributed by atoms with E-state index in [0.717, 1.165) is 6.07 Å². The highest BCUT2D eigenvalue weighted by atomic mass is 19.4. The van der Waals surface area contributed by atoms with Gasteiger partial charge in [0.05, 0.1) is 6.61 Å². The Balaban J connectivity index is 2.47. The van der Waals surface area contributed by atoms with Crippen LogP contribution in [0.5, 0.6) is 5.75 Å². The Morgan fingerprint density at radius 2 is 1.75 bits per heavy atom. The molecule has 0 radical (unpaired) electrons. The summed E-state index contributed by atoms with van der Waals surface area (Å²) in [6.45, 7) is -0.540. The number of ether oxygens (including phenoxy) is 1. The quantitative estimate of drug-likeness (QED) is 0.868. The molecule has 6 heteroatoms. The molecule has 2 aromatic rings. The van der Waals surface area contributed by atoms with Crippen LogP contribution in [0.2, 0.25) is 0 Å². The third-order valence-corrected chi connectivity index (χ3v) is 2.64. The molecule has 0 bridgehead atoms. The zero-order chi connectivity index (χ0) is 14.8. The first-order chi connectivity index (χ1) is 9.40. The van der Waals surface area contributed by atoms with E-state index in [4.69, 9.17) is 5.11 Å². The summed E-state index contributed by atoms with van der Waals surface area (Å²) in [7, 11) is 0. The minimum absolute atomic E-state index is 0.00399. The Labute approximate surface area is 112 Å². The summed E-state index contributed by atoms with van der Waals surface area (Å²) in [6, 6.07) is 9.24. The summed E-state index contributed by atoms with van der Waals surface area (Å²) in [6.07, 6.45) is -4.81. The van der Waals surface area contributed by atoms with Gasteiger partial charge in [0.1, 0.15) is 11.6 Å². The lowest BCUT2D eigenvalue weighted by Crippen LogP contribution is -2.17. The molecule has 0 fully saturated rings. The van der Waals surface area contributed by atoms with Crippen molar-refractivity contribution in [2.24, 2.45) is 0 Å². The highest BCUT2D eigenvalue weighted by Crippen LogP contribution is 2.34. The van der Waals surface area contributed by atoms with E-state index in [-0.39, 0.29) is 16.9 Å². The zero-order valence-electron chi connectivity index (χ0n) is 10.1. The summed E-state index contributed by atoms with van der Waals surface area (Å²) in [4.78, 5) is 0. The third-order valence-electron chi connectivity index (χ3n) is 2.64. The van der Waals surface area contributed by atoms with Gasteiger partial charge in [-0.3, -0.25) is 0 Å². The molecule has 0 aliphatic rings. The van der Waals surface area contributed by atoms with Crippen LogP contribution in [0.25, 0.3) is 11.1 Å². The minimum Gasteiger partial charge on any atom is -0.405 e. The Bertz CT molecular complexity index is 608. The van der Waals surface area contributed by atoms with Crippen LogP contribution in [0.15, 0.2) is 42.5 Å². The van der Waals surface area contributed by atoms with E-state index in [0.29, 0.717) is 5.56 Å². The third kappa shape index (κ3) is 3.27. The second kappa shape index (κ2) is 5.50. The van der Waals surface area contributed by atoms with Gasteiger partial charge in [-0.25, -0.2) is 4.39 Å². The maximum Gasteiger partial charge on any atom is 0.573 e. The van der Waals surface area contributed by atoms with Crippen LogP contribution in [0.1, 0.15) is 5.56 Å². The fourth-order valence-electron chi connectivity index (χ4n) is 1.78. The lowest BCUT2D eigenvalue weighted by molar-refractivity contribution is -0.274. The van der Waals surface area contributed by atoms with Gasteiger partial charge in [0, 0.05) is 11.1 Å². The Kier molecular flexibility index (Phi) is 3.94. The summed E-state index contributed by atoms with van der Waals surface area (Å²) < 4.78 is 54.2. The monoisotopic (exact) mass is 286 g/mol. The normalized spacial score (nSPS) is 11.4. The van der Waals surface area contributed by atoms with Crippen molar-refractivity contribution < 1.29 is 27.4 Å². The molecule has 2 aromatic carbocycles. The molecule has 0 spiro atoms. The van der Waals surface area contributed by atoms with Crippen LogP contribution in [0.3, 0.4) is 0 Å². The Morgan fingerprint density at radius 1 is 1.05 bits per heavy atom. The SMILES string of the molecule is OCc1cc(-c2ccccc2OC(F)(F)F)ccc1F. The fourth-order valence-corrected chi connectivity index (χ4v) is 1.78.